The molecular formula is C18H21N5O3S. The van der Waals surface area contributed by atoms with Crippen LogP contribution in [0.2, 0.25) is 0 Å². The fourth-order valence-electron chi connectivity index (χ4n) is 2.37. The van der Waals surface area contributed by atoms with Crippen LogP contribution < -0.4 is 15.4 Å². The molecule has 0 aliphatic heterocycles. The van der Waals surface area contributed by atoms with Crippen molar-refractivity contribution in [2.24, 2.45) is 0 Å². The lowest BCUT2D eigenvalue weighted by Gasteiger charge is -2.10. The fraction of sp³-hybridized carbons (Fsp3) is 0.333. The molecule has 27 heavy (non-hydrogen) atoms. The molecule has 1 unspecified atom stereocenters. The molecular weight excluding hydrogens is 366 g/mol. The van der Waals surface area contributed by atoms with E-state index in [1.807, 2.05) is 24.3 Å². The highest BCUT2D eigenvalue weighted by atomic mass is 32.1. The highest BCUT2D eigenvalue weighted by Crippen LogP contribution is 2.32. The van der Waals surface area contributed by atoms with Crippen LogP contribution in [0.15, 0.2) is 35.0 Å². The van der Waals surface area contributed by atoms with E-state index in [1.54, 1.807) is 13.1 Å². The normalized spacial score (nSPS) is 12.0. The van der Waals surface area contributed by atoms with E-state index in [0.717, 1.165) is 5.69 Å². The lowest BCUT2D eigenvalue weighted by molar-refractivity contribution is -0.119. The number of anilines is 1. The summed E-state index contributed by atoms with van der Waals surface area (Å²) in [5, 5.41) is 10.5. The molecule has 8 nitrogen and oxygen atoms in total. The van der Waals surface area contributed by atoms with Gasteiger partial charge in [-0.1, -0.05) is 22.6 Å². The Morgan fingerprint density at radius 1 is 1.30 bits per heavy atom. The van der Waals surface area contributed by atoms with Gasteiger partial charge in [0.05, 0.1) is 11.1 Å². The number of aromatic nitrogens is 3. The Kier molecular flexibility index (Phi) is 5.70. The molecule has 9 heteroatoms. The molecule has 0 aliphatic rings. The van der Waals surface area contributed by atoms with E-state index < -0.39 is 0 Å². The van der Waals surface area contributed by atoms with Crippen molar-refractivity contribution in [3.63, 3.8) is 0 Å². The van der Waals surface area contributed by atoms with Crippen LogP contribution >= 0.6 is 11.3 Å². The molecule has 0 aliphatic carbocycles. The molecule has 1 aromatic carbocycles. The molecule has 0 radical (unpaired) electrons. The minimum atomic E-state index is -0.358. The van der Waals surface area contributed by atoms with E-state index >= 15 is 0 Å². The number of benzene rings is 1. The molecule has 2 aromatic heterocycles. The molecule has 0 fully saturated rings. The summed E-state index contributed by atoms with van der Waals surface area (Å²) >= 11 is 1.31. The lowest BCUT2D eigenvalue weighted by atomic mass is 10.2. The average molecular weight is 387 g/mol. The van der Waals surface area contributed by atoms with Crippen molar-refractivity contribution in [2.45, 2.75) is 39.8 Å². The maximum absolute atomic E-state index is 11.1. The maximum atomic E-state index is 11.1. The zero-order chi connectivity index (χ0) is 19.4. The third kappa shape index (κ3) is 5.04. The predicted octanol–water partition coefficient (Wildman–Crippen LogP) is 4.00. The number of nitrogens with zero attached hydrogens (tertiary/aromatic N) is 3. The van der Waals surface area contributed by atoms with Crippen LogP contribution in [-0.4, -0.2) is 27.1 Å². The first kappa shape index (κ1) is 18.8. The van der Waals surface area contributed by atoms with Crippen molar-refractivity contribution in [3.8, 4) is 21.6 Å². The van der Waals surface area contributed by atoms with Crippen molar-refractivity contribution in [1.29, 1.82) is 0 Å². The van der Waals surface area contributed by atoms with Crippen LogP contribution in [0.1, 0.15) is 39.6 Å². The van der Waals surface area contributed by atoms with E-state index in [4.69, 9.17) is 9.26 Å². The predicted molar refractivity (Wildman–Crippen MR) is 103 cm³/mol. The minimum absolute atomic E-state index is 0.162. The van der Waals surface area contributed by atoms with Gasteiger partial charge in [-0.2, -0.15) is 4.98 Å². The summed E-state index contributed by atoms with van der Waals surface area (Å²) in [6.07, 6.45) is 1.63. The van der Waals surface area contributed by atoms with Crippen molar-refractivity contribution < 1.29 is 14.1 Å². The average Bonchev–Trinajstić information content (AvgIpc) is 3.23. The minimum Gasteiger partial charge on any atom is -0.431 e. The Morgan fingerprint density at radius 3 is 2.85 bits per heavy atom. The molecule has 3 rings (SSSR count). The number of rotatable bonds is 7. The Labute approximate surface area is 161 Å². The smallest absolute Gasteiger partial charge is 0.279 e. The topological polar surface area (TPSA) is 102 Å². The molecule has 2 N–H and O–H groups in total. The number of hydrogen-bond donors (Lipinski definition) is 2. The summed E-state index contributed by atoms with van der Waals surface area (Å²) in [5.41, 5.74) is 0.981. The van der Waals surface area contributed by atoms with Crippen LogP contribution in [0.5, 0.6) is 10.9 Å². The second kappa shape index (κ2) is 8.17. The van der Waals surface area contributed by atoms with Gasteiger partial charge < -0.3 is 19.9 Å². The molecule has 142 valence electrons. The fourth-order valence-corrected chi connectivity index (χ4v) is 3.08. The molecule has 3 aromatic rings. The highest BCUT2D eigenvalue weighted by molar-refractivity contribution is 7.16. The molecule has 0 saturated heterocycles. The van der Waals surface area contributed by atoms with Crippen LogP contribution in [0.3, 0.4) is 0 Å². The third-order valence-electron chi connectivity index (χ3n) is 3.43. The van der Waals surface area contributed by atoms with Gasteiger partial charge in [0.25, 0.3) is 5.19 Å². The molecule has 0 saturated carbocycles. The van der Waals surface area contributed by atoms with Crippen LogP contribution in [0, 0.1) is 0 Å². The standard InChI is InChI=1S/C18H21N5O3S/c1-10(2)20-13-6-5-7-14(8-13)25-18-19-9-15(27-18)16-22-17(26-23-16)11(3)21-12(4)24/h5-11,20H,1-4H3,(H,21,24). The van der Waals surface area contributed by atoms with Crippen LogP contribution in [0.25, 0.3) is 10.7 Å². The Morgan fingerprint density at radius 2 is 2.11 bits per heavy atom. The molecule has 0 bridgehead atoms. The van der Waals surface area contributed by atoms with Gasteiger partial charge in [0, 0.05) is 24.7 Å². The van der Waals surface area contributed by atoms with Gasteiger partial charge in [-0.3, -0.25) is 4.79 Å². The van der Waals surface area contributed by atoms with E-state index in [1.165, 1.54) is 18.3 Å². The first-order valence-corrected chi connectivity index (χ1v) is 9.33. The molecule has 1 amide bonds. The Balaban J connectivity index is 1.70. The number of hydrogen-bond acceptors (Lipinski definition) is 8. The van der Waals surface area contributed by atoms with Crippen LogP contribution in [-0.2, 0) is 4.79 Å². The summed E-state index contributed by atoms with van der Waals surface area (Å²) in [5.74, 6) is 1.27. The largest absolute Gasteiger partial charge is 0.431 e. The summed E-state index contributed by atoms with van der Waals surface area (Å²) in [6, 6.07) is 7.67. The molecule has 0 spiro atoms. The Bertz CT molecular complexity index is 921. The highest BCUT2D eigenvalue weighted by Gasteiger charge is 2.18. The van der Waals surface area contributed by atoms with E-state index in [9.17, 15) is 4.79 Å². The van der Waals surface area contributed by atoms with Gasteiger partial charge in [-0.05, 0) is 32.9 Å². The molecule has 1 atom stereocenters. The number of carbonyl (C=O) groups excluding carboxylic acids is 1. The van der Waals surface area contributed by atoms with Gasteiger partial charge in [0.1, 0.15) is 11.8 Å². The zero-order valence-corrected chi connectivity index (χ0v) is 16.3. The van der Waals surface area contributed by atoms with Crippen LogP contribution in [0.4, 0.5) is 5.69 Å². The first-order chi connectivity index (χ1) is 12.9. The Hall–Kier alpha value is -2.94. The van der Waals surface area contributed by atoms with Gasteiger partial charge >= 0.3 is 0 Å². The maximum Gasteiger partial charge on any atom is 0.279 e. The van der Waals surface area contributed by atoms with Crippen molar-refractivity contribution in [1.82, 2.24) is 20.4 Å². The van der Waals surface area contributed by atoms with E-state index in [-0.39, 0.29) is 11.9 Å². The second-order valence-electron chi connectivity index (χ2n) is 6.30. The van der Waals surface area contributed by atoms with Crippen molar-refractivity contribution >= 4 is 22.9 Å². The number of ether oxygens (including phenoxy) is 1. The quantitative estimate of drug-likeness (QED) is 0.631. The van der Waals surface area contributed by atoms with Crippen molar-refractivity contribution in [2.75, 3.05) is 5.32 Å². The zero-order valence-electron chi connectivity index (χ0n) is 15.5. The summed E-state index contributed by atoms with van der Waals surface area (Å²) in [4.78, 5) is 20.4. The number of thiazole rings is 1. The lowest BCUT2D eigenvalue weighted by Crippen LogP contribution is -2.23. The van der Waals surface area contributed by atoms with Gasteiger partial charge in [-0.25, -0.2) is 4.98 Å². The van der Waals surface area contributed by atoms with Gasteiger partial charge in [-0.15, -0.1) is 0 Å². The van der Waals surface area contributed by atoms with Gasteiger partial charge in [0.2, 0.25) is 17.6 Å². The summed E-state index contributed by atoms with van der Waals surface area (Å²) < 4.78 is 11.0. The van der Waals surface area contributed by atoms with E-state index in [0.29, 0.717) is 33.6 Å². The van der Waals surface area contributed by atoms with Gasteiger partial charge in [0.15, 0.2) is 0 Å². The number of nitrogens with one attached hydrogen (secondary N) is 2. The third-order valence-corrected chi connectivity index (χ3v) is 4.30. The van der Waals surface area contributed by atoms with Crippen molar-refractivity contribution in [3.05, 3.63) is 36.4 Å². The van der Waals surface area contributed by atoms with E-state index in [2.05, 4.69) is 39.6 Å². The SMILES string of the molecule is CC(=O)NC(C)c1nc(-c2cnc(Oc3cccc(NC(C)C)c3)s2)no1. The summed E-state index contributed by atoms with van der Waals surface area (Å²) in [7, 11) is 0. The second-order valence-corrected chi connectivity index (χ2v) is 7.29. The molecule has 2 heterocycles. The monoisotopic (exact) mass is 387 g/mol. The summed E-state index contributed by atoms with van der Waals surface area (Å²) in [6.45, 7) is 7.36. The number of carbonyl (C=O) groups is 1. The first-order valence-electron chi connectivity index (χ1n) is 8.52. The number of amides is 1.